The molecule has 0 aromatic rings. The molecule has 0 spiro atoms. The molecule has 3 heterocycles. The van der Waals surface area contributed by atoms with Gasteiger partial charge in [0.05, 0.1) is 19.1 Å². The Morgan fingerprint density at radius 3 is 2.80 bits per heavy atom. The Morgan fingerprint density at radius 2 is 2.10 bits per heavy atom. The summed E-state index contributed by atoms with van der Waals surface area (Å²) >= 11 is 0. The third-order valence-corrected chi connectivity index (χ3v) is 2.02. The van der Waals surface area contributed by atoms with Crippen LogP contribution in [-0.2, 0) is 14.3 Å². The minimum absolute atomic E-state index is 0.0475. The van der Waals surface area contributed by atoms with Crippen molar-refractivity contribution in [2.24, 2.45) is 0 Å². The summed E-state index contributed by atoms with van der Waals surface area (Å²) in [4.78, 5) is 10.8. The van der Waals surface area contributed by atoms with E-state index in [0.29, 0.717) is 13.0 Å². The summed E-state index contributed by atoms with van der Waals surface area (Å²) < 4.78 is 10.4. The van der Waals surface area contributed by atoms with Gasteiger partial charge in [0, 0.05) is 0 Å². The smallest absolute Gasteiger partial charge is 0.308 e. The molecule has 3 rings (SSSR count). The van der Waals surface area contributed by atoms with Gasteiger partial charge in [-0.2, -0.15) is 0 Å². The van der Waals surface area contributed by atoms with E-state index in [1.807, 2.05) is 0 Å². The Bertz CT molecular complexity index is 131. The standard InChI is InChI=1S/C7H10O3/c8-7-3-5-1-2-6(10-7)4-9-5/h5-6H,1-4H2. The van der Waals surface area contributed by atoms with Gasteiger partial charge in [0.15, 0.2) is 0 Å². The average Bonchev–Trinajstić information content (AvgIpc) is 2.17. The number of hydrogen-bond acceptors (Lipinski definition) is 3. The Hall–Kier alpha value is -0.570. The van der Waals surface area contributed by atoms with Crippen LogP contribution in [0.4, 0.5) is 0 Å². The van der Waals surface area contributed by atoms with E-state index in [-0.39, 0.29) is 18.2 Å². The molecule has 0 aliphatic carbocycles. The Balaban J connectivity index is 2.12. The van der Waals surface area contributed by atoms with E-state index in [1.54, 1.807) is 0 Å². The lowest BCUT2D eigenvalue weighted by atomic mass is 10.1. The van der Waals surface area contributed by atoms with Crippen LogP contribution in [0.2, 0.25) is 0 Å². The largest absolute Gasteiger partial charge is 0.460 e. The van der Waals surface area contributed by atoms with Gasteiger partial charge in [-0.05, 0) is 12.8 Å². The first-order chi connectivity index (χ1) is 4.84. The average molecular weight is 142 g/mol. The fraction of sp³-hybridized carbons (Fsp3) is 0.857. The van der Waals surface area contributed by atoms with Crippen LogP contribution >= 0.6 is 0 Å². The Morgan fingerprint density at radius 1 is 1.30 bits per heavy atom. The number of fused-ring (bicyclic) bond motifs is 4. The number of ether oxygens (including phenoxy) is 2. The zero-order chi connectivity index (χ0) is 6.97. The highest BCUT2D eigenvalue weighted by Gasteiger charge is 2.30. The van der Waals surface area contributed by atoms with Gasteiger partial charge < -0.3 is 9.47 Å². The molecule has 0 saturated carbocycles. The molecule has 3 heteroatoms. The third kappa shape index (κ3) is 1.01. The van der Waals surface area contributed by atoms with Crippen LogP contribution < -0.4 is 0 Å². The molecule has 0 N–H and O–H groups in total. The van der Waals surface area contributed by atoms with Crippen LogP contribution in [0.5, 0.6) is 0 Å². The molecule has 3 saturated heterocycles. The summed E-state index contributed by atoms with van der Waals surface area (Å²) in [5.74, 6) is -0.0926. The molecule has 3 nitrogen and oxygen atoms in total. The van der Waals surface area contributed by atoms with Crippen molar-refractivity contribution in [2.75, 3.05) is 6.61 Å². The van der Waals surface area contributed by atoms with E-state index >= 15 is 0 Å². The van der Waals surface area contributed by atoms with E-state index < -0.39 is 0 Å². The molecule has 0 amide bonds. The predicted octanol–water partition coefficient (Wildman–Crippen LogP) is 0.481. The van der Waals surface area contributed by atoms with Gasteiger partial charge in [-0.3, -0.25) is 4.79 Å². The lowest BCUT2D eigenvalue weighted by Crippen LogP contribution is -2.26. The van der Waals surface area contributed by atoms with E-state index in [1.165, 1.54) is 0 Å². The molecular weight excluding hydrogens is 132 g/mol. The summed E-state index contributed by atoms with van der Waals surface area (Å²) in [7, 11) is 0. The van der Waals surface area contributed by atoms with Crippen LogP contribution in [0.25, 0.3) is 0 Å². The quantitative estimate of drug-likeness (QED) is 0.461. The maximum Gasteiger partial charge on any atom is 0.308 e. The van der Waals surface area contributed by atoms with Crippen LogP contribution in [0, 0.1) is 0 Å². The van der Waals surface area contributed by atoms with E-state index in [2.05, 4.69) is 0 Å². The highest BCUT2D eigenvalue weighted by Crippen LogP contribution is 2.23. The summed E-state index contributed by atoms with van der Waals surface area (Å²) in [6, 6.07) is 0. The molecule has 2 unspecified atom stereocenters. The highest BCUT2D eigenvalue weighted by atomic mass is 16.6. The first-order valence-corrected chi connectivity index (χ1v) is 3.65. The molecule has 3 aliphatic rings. The number of carbonyl (C=O) groups excluding carboxylic acids is 1. The summed E-state index contributed by atoms with van der Waals surface area (Å²) in [6.07, 6.45) is 2.61. The normalized spacial score (nSPS) is 39.0. The Labute approximate surface area is 59.3 Å². The minimum atomic E-state index is -0.0926. The van der Waals surface area contributed by atoms with Crippen molar-refractivity contribution < 1.29 is 14.3 Å². The monoisotopic (exact) mass is 142 g/mol. The zero-order valence-corrected chi connectivity index (χ0v) is 5.71. The fourth-order valence-corrected chi connectivity index (χ4v) is 1.46. The van der Waals surface area contributed by atoms with Crippen molar-refractivity contribution in [1.82, 2.24) is 0 Å². The second-order valence-electron chi connectivity index (χ2n) is 2.85. The van der Waals surface area contributed by atoms with E-state index in [9.17, 15) is 4.79 Å². The van der Waals surface area contributed by atoms with Crippen molar-refractivity contribution in [3.8, 4) is 0 Å². The highest BCUT2D eigenvalue weighted by molar-refractivity contribution is 5.70. The predicted molar refractivity (Wildman–Crippen MR) is 33.5 cm³/mol. The van der Waals surface area contributed by atoms with Gasteiger partial charge in [-0.25, -0.2) is 0 Å². The molecule has 3 aliphatic heterocycles. The molecule has 0 radical (unpaired) electrons. The van der Waals surface area contributed by atoms with Gasteiger partial charge in [0.25, 0.3) is 0 Å². The van der Waals surface area contributed by atoms with Crippen molar-refractivity contribution in [3.05, 3.63) is 0 Å². The summed E-state index contributed by atoms with van der Waals surface area (Å²) in [5.41, 5.74) is 0. The minimum Gasteiger partial charge on any atom is -0.460 e. The van der Waals surface area contributed by atoms with Crippen molar-refractivity contribution in [1.29, 1.82) is 0 Å². The van der Waals surface area contributed by atoms with E-state index in [0.717, 1.165) is 12.8 Å². The molecule has 2 atom stereocenters. The number of carbonyl (C=O) groups is 1. The first-order valence-electron chi connectivity index (χ1n) is 3.65. The number of esters is 1. The Kier molecular flexibility index (Phi) is 1.38. The maximum absolute atomic E-state index is 10.8. The van der Waals surface area contributed by atoms with Crippen LogP contribution in [0.3, 0.4) is 0 Å². The second kappa shape index (κ2) is 2.23. The molecule has 0 aromatic heterocycles. The van der Waals surface area contributed by atoms with Gasteiger partial charge in [0.2, 0.25) is 0 Å². The lowest BCUT2D eigenvalue weighted by molar-refractivity contribution is -0.147. The summed E-state index contributed by atoms with van der Waals surface area (Å²) in [5, 5.41) is 0. The molecule has 0 aromatic carbocycles. The van der Waals surface area contributed by atoms with Crippen molar-refractivity contribution in [3.63, 3.8) is 0 Å². The van der Waals surface area contributed by atoms with Crippen molar-refractivity contribution >= 4 is 5.97 Å². The van der Waals surface area contributed by atoms with Crippen LogP contribution in [0.15, 0.2) is 0 Å². The molecule has 3 fully saturated rings. The van der Waals surface area contributed by atoms with Gasteiger partial charge in [0.1, 0.15) is 6.10 Å². The molecule has 2 bridgehead atoms. The van der Waals surface area contributed by atoms with Crippen molar-refractivity contribution in [2.45, 2.75) is 31.5 Å². The summed E-state index contributed by atoms with van der Waals surface area (Å²) in [6.45, 7) is 0.608. The lowest BCUT2D eigenvalue weighted by Gasteiger charge is -2.21. The van der Waals surface area contributed by atoms with Crippen LogP contribution in [-0.4, -0.2) is 24.8 Å². The second-order valence-corrected chi connectivity index (χ2v) is 2.85. The van der Waals surface area contributed by atoms with Gasteiger partial charge in [-0.15, -0.1) is 0 Å². The molecular formula is C7H10O3. The SMILES string of the molecule is O=C1CC2CCC(CO2)O1. The topological polar surface area (TPSA) is 35.5 Å². The number of hydrogen-bond donors (Lipinski definition) is 0. The third-order valence-electron chi connectivity index (χ3n) is 2.02. The van der Waals surface area contributed by atoms with Gasteiger partial charge >= 0.3 is 5.97 Å². The van der Waals surface area contributed by atoms with Crippen LogP contribution in [0.1, 0.15) is 19.3 Å². The van der Waals surface area contributed by atoms with E-state index in [4.69, 9.17) is 9.47 Å². The number of rotatable bonds is 0. The zero-order valence-electron chi connectivity index (χ0n) is 5.71. The maximum atomic E-state index is 10.8. The van der Waals surface area contributed by atoms with Gasteiger partial charge in [-0.1, -0.05) is 0 Å². The molecule has 56 valence electrons. The molecule has 10 heavy (non-hydrogen) atoms. The fourth-order valence-electron chi connectivity index (χ4n) is 1.46. The first kappa shape index (κ1) is 6.16.